The Bertz CT molecular complexity index is 861. The van der Waals surface area contributed by atoms with Gasteiger partial charge in [-0.2, -0.15) is 0 Å². The minimum atomic E-state index is -0.644. The molecule has 0 bridgehead atoms. The summed E-state index contributed by atoms with van der Waals surface area (Å²) in [4.78, 5) is 33.4. The van der Waals surface area contributed by atoms with Crippen molar-refractivity contribution < 1.29 is 14.3 Å². The first kappa shape index (κ1) is 20.8. The summed E-state index contributed by atoms with van der Waals surface area (Å²) in [5.41, 5.74) is 0.888. The molecule has 1 unspecified atom stereocenters. The summed E-state index contributed by atoms with van der Waals surface area (Å²) >= 11 is 0. The van der Waals surface area contributed by atoms with Gasteiger partial charge in [0.2, 0.25) is 5.91 Å². The smallest absolute Gasteiger partial charge is 0.420 e. The number of hydrogen-bond donors (Lipinski definition) is 0. The molecule has 0 saturated carbocycles. The number of ether oxygens (including phenoxy) is 1. The molecule has 1 aliphatic heterocycles. The van der Waals surface area contributed by atoms with Gasteiger partial charge in [0.15, 0.2) is 0 Å². The van der Waals surface area contributed by atoms with Crippen molar-refractivity contribution in [3.8, 4) is 0 Å². The molecular weight excluding hydrogens is 366 g/mol. The number of rotatable bonds is 3. The fourth-order valence-electron chi connectivity index (χ4n) is 3.69. The van der Waals surface area contributed by atoms with E-state index in [-0.39, 0.29) is 11.9 Å². The molecule has 0 aliphatic carbocycles. The highest BCUT2D eigenvalue weighted by molar-refractivity contribution is 5.96. The van der Waals surface area contributed by atoms with Crippen molar-refractivity contribution in [2.45, 2.75) is 58.6 Å². The normalized spacial score (nSPS) is 17.0. The second-order valence-corrected chi connectivity index (χ2v) is 8.29. The highest BCUT2D eigenvalue weighted by Crippen LogP contribution is 2.38. The summed E-state index contributed by atoms with van der Waals surface area (Å²) in [5, 5.41) is 0. The van der Waals surface area contributed by atoms with Gasteiger partial charge >= 0.3 is 6.09 Å². The lowest BCUT2D eigenvalue weighted by molar-refractivity contribution is -0.132. The maximum absolute atomic E-state index is 13.2. The molecule has 1 atom stereocenters. The first-order valence-corrected chi connectivity index (χ1v) is 10.1. The molecule has 0 N–H and O–H groups in total. The first-order valence-electron chi connectivity index (χ1n) is 10.1. The predicted molar refractivity (Wildman–Crippen MR) is 113 cm³/mol. The molecule has 1 aromatic heterocycles. The van der Waals surface area contributed by atoms with Gasteiger partial charge in [-0.05, 0) is 58.2 Å². The Morgan fingerprint density at radius 1 is 1.10 bits per heavy atom. The number of piperidine rings is 1. The van der Waals surface area contributed by atoms with Crippen LogP contribution >= 0.6 is 0 Å². The van der Waals surface area contributed by atoms with Crippen molar-refractivity contribution in [2.75, 3.05) is 11.4 Å². The summed E-state index contributed by atoms with van der Waals surface area (Å²) in [6.45, 7) is 7.83. The number of benzene rings is 1. The standard InChI is InChI=1S/C23H29N3O3/c1-17(27)25-16-9-8-14-20(25)19-13-10-15-24-21(19)26(18-11-6-5-7-12-18)22(28)29-23(2,3)4/h5-7,10-13,15,20H,8-9,14,16H2,1-4H3. The molecule has 2 heterocycles. The second-order valence-electron chi connectivity index (χ2n) is 8.29. The predicted octanol–water partition coefficient (Wildman–Crippen LogP) is 5.23. The van der Waals surface area contributed by atoms with Crippen molar-refractivity contribution >= 4 is 23.5 Å². The summed E-state index contributed by atoms with van der Waals surface area (Å²) in [5.74, 6) is 0.541. The van der Waals surface area contributed by atoms with E-state index in [4.69, 9.17) is 4.74 Å². The van der Waals surface area contributed by atoms with Crippen LogP contribution in [0.3, 0.4) is 0 Å². The molecule has 6 nitrogen and oxygen atoms in total. The highest BCUT2D eigenvalue weighted by atomic mass is 16.6. The molecule has 0 radical (unpaired) electrons. The first-order chi connectivity index (χ1) is 13.8. The van der Waals surface area contributed by atoms with Crippen LogP contribution in [0, 0.1) is 0 Å². The average molecular weight is 396 g/mol. The van der Waals surface area contributed by atoms with Crippen LogP contribution in [0.25, 0.3) is 0 Å². The lowest BCUT2D eigenvalue weighted by Gasteiger charge is -2.37. The molecule has 0 spiro atoms. The lowest BCUT2D eigenvalue weighted by Crippen LogP contribution is -2.39. The molecule has 2 aromatic rings. The number of likely N-dealkylation sites (tertiary alicyclic amines) is 1. The van der Waals surface area contributed by atoms with Crippen LogP contribution in [-0.2, 0) is 9.53 Å². The van der Waals surface area contributed by atoms with E-state index in [1.165, 1.54) is 4.90 Å². The third kappa shape index (κ3) is 4.94. The number of carbonyl (C=O) groups excluding carboxylic acids is 2. The zero-order valence-electron chi connectivity index (χ0n) is 17.6. The van der Waals surface area contributed by atoms with Crippen LogP contribution in [0.2, 0.25) is 0 Å². The van der Waals surface area contributed by atoms with Crippen LogP contribution in [0.5, 0.6) is 0 Å². The Morgan fingerprint density at radius 3 is 2.48 bits per heavy atom. The summed E-state index contributed by atoms with van der Waals surface area (Å²) in [6, 6.07) is 13.0. The van der Waals surface area contributed by atoms with Crippen LogP contribution in [0.4, 0.5) is 16.3 Å². The maximum atomic E-state index is 13.2. The Balaban J connectivity index is 2.09. The van der Waals surface area contributed by atoms with Crippen molar-refractivity contribution in [3.05, 3.63) is 54.2 Å². The lowest BCUT2D eigenvalue weighted by atomic mass is 9.95. The minimum Gasteiger partial charge on any atom is -0.443 e. The molecule has 1 fully saturated rings. The third-order valence-corrected chi connectivity index (χ3v) is 4.89. The molecule has 1 aromatic carbocycles. The van der Waals surface area contributed by atoms with Gasteiger partial charge in [0.25, 0.3) is 0 Å². The zero-order valence-corrected chi connectivity index (χ0v) is 17.6. The Kier molecular flexibility index (Phi) is 6.20. The van der Waals surface area contributed by atoms with Crippen molar-refractivity contribution in [3.63, 3.8) is 0 Å². The summed E-state index contributed by atoms with van der Waals surface area (Å²) < 4.78 is 5.69. The van der Waals surface area contributed by atoms with E-state index < -0.39 is 11.7 Å². The average Bonchev–Trinajstić information content (AvgIpc) is 2.68. The van der Waals surface area contributed by atoms with Crippen LogP contribution in [0.1, 0.15) is 58.6 Å². The third-order valence-electron chi connectivity index (χ3n) is 4.89. The fraction of sp³-hybridized carbons (Fsp3) is 0.435. The van der Waals surface area contributed by atoms with E-state index in [2.05, 4.69) is 4.98 Å². The van der Waals surface area contributed by atoms with Crippen molar-refractivity contribution in [1.82, 2.24) is 9.88 Å². The van der Waals surface area contributed by atoms with E-state index in [0.29, 0.717) is 18.1 Å². The van der Waals surface area contributed by atoms with Crippen LogP contribution < -0.4 is 4.90 Å². The number of pyridine rings is 1. The van der Waals surface area contributed by atoms with E-state index in [1.807, 2.05) is 68.1 Å². The topological polar surface area (TPSA) is 62.7 Å². The highest BCUT2D eigenvalue weighted by Gasteiger charge is 2.33. The number of amides is 2. The monoisotopic (exact) mass is 395 g/mol. The van der Waals surface area contributed by atoms with Gasteiger partial charge in [-0.3, -0.25) is 4.79 Å². The molecule has 6 heteroatoms. The molecule has 1 saturated heterocycles. The molecule has 3 rings (SSSR count). The van der Waals surface area contributed by atoms with E-state index in [1.54, 1.807) is 13.1 Å². The minimum absolute atomic E-state index is 0.0352. The fourth-order valence-corrected chi connectivity index (χ4v) is 3.69. The van der Waals surface area contributed by atoms with Gasteiger partial charge in [-0.1, -0.05) is 24.3 Å². The van der Waals surface area contributed by atoms with Crippen molar-refractivity contribution in [2.24, 2.45) is 0 Å². The molecular formula is C23H29N3O3. The van der Waals surface area contributed by atoms with Crippen LogP contribution in [0.15, 0.2) is 48.7 Å². The largest absolute Gasteiger partial charge is 0.443 e. The number of para-hydroxylation sites is 1. The van der Waals surface area contributed by atoms with Gasteiger partial charge < -0.3 is 9.64 Å². The summed E-state index contributed by atoms with van der Waals surface area (Å²) in [6.07, 6.45) is 4.03. The van der Waals surface area contributed by atoms with E-state index in [0.717, 1.165) is 24.8 Å². The quantitative estimate of drug-likeness (QED) is 0.714. The Morgan fingerprint density at radius 2 is 1.83 bits per heavy atom. The number of aromatic nitrogens is 1. The van der Waals surface area contributed by atoms with Gasteiger partial charge in [0.05, 0.1) is 11.7 Å². The second kappa shape index (κ2) is 8.64. The van der Waals surface area contributed by atoms with E-state index >= 15 is 0 Å². The van der Waals surface area contributed by atoms with Gasteiger partial charge in [0, 0.05) is 25.2 Å². The van der Waals surface area contributed by atoms with Gasteiger partial charge in [-0.15, -0.1) is 0 Å². The molecule has 154 valence electrons. The maximum Gasteiger partial charge on any atom is 0.420 e. The van der Waals surface area contributed by atoms with Gasteiger partial charge in [0.1, 0.15) is 11.4 Å². The van der Waals surface area contributed by atoms with Crippen molar-refractivity contribution in [1.29, 1.82) is 0 Å². The molecule has 2 amide bonds. The zero-order chi connectivity index (χ0) is 21.0. The number of nitrogens with zero attached hydrogens (tertiary/aromatic N) is 3. The SMILES string of the molecule is CC(=O)N1CCCCC1c1cccnc1N(C(=O)OC(C)(C)C)c1ccccc1. The molecule has 29 heavy (non-hydrogen) atoms. The Labute approximate surface area is 172 Å². The number of anilines is 2. The van der Waals surface area contributed by atoms with E-state index in [9.17, 15) is 9.59 Å². The van der Waals surface area contributed by atoms with Gasteiger partial charge in [-0.25, -0.2) is 14.7 Å². The Hall–Kier alpha value is -2.89. The number of hydrogen-bond acceptors (Lipinski definition) is 4. The van der Waals surface area contributed by atoms with Crippen LogP contribution in [-0.4, -0.2) is 34.0 Å². The number of carbonyl (C=O) groups is 2. The summed E-state index contributed by atoms with van der Waals surface area (Å²) in [7, 11) is 0. The molecule has 1 aliphatic rings.